The Balaban J connectivity index is 1.59. The van der Waals surface area contributed by atoms with Gasteiger partial charge in [0, 0.05) is 20.3 Å². The summed E-state index contributed by atoms with van der Waals surface area (Å²) in [6, 6.07) is 0.0763. The predicted octanol–water partition coefficient (Wildman–Crippen LogP) is 3.93. The quantitative estimate of drug-likeness (QED) is 0.680. The molecular formula is C20H25F2N7O. The Morgan fingerprint density at radius 3 is 2.60 bits per heavy atom. The summed E-state index contributed by atoms with van der Waals surface area (Å²) >= 11 is 0. The number of hydrogen-bond donors (Lipinski definition) is 1. The maximum atomic E-state index is 13.6. The smallest absolute Gasteiger partial charge is 0.284 e. The second-order valence-corrected chi connectivity index (χ2v) is 8.11. The average molecular weight is 417 g/mol. The van der Waals surface area contributed by atoms with Crippen molar-refractivity contribution in [3.8, 4) is 0 Å². The van der Waals surface area contributed by atoms with E-state index in [1.165, 1.54) is 16.9 Å². The third kappa shape index (κ3) is 3.86. The summed E-state index contributed by atoms with van der Waals surface area (Å²) in [4.78, 5) is 19.0. The second kappa shape index (κ2) is 8.00. The summed E-state index contributed by atoms with van der Waals surface area (Å²) < 4.78 is 30.2. The summed E-state index contributed by atoms with van der Waals surface area (Å²) in [6.45, 7) is 2.20. The van der Waals surface area contributed by atoms with Gasteiger partial charge in [0.1, 0.15) is 5.56 Å². The van der Waals surface area contributed by atoms with Gasteiger partial charge in [-0.25, -0.2) is 18.3 Å². The predicted molar refractivity (Wildman–Crippen MR) is 109 cm³/mol. The summed E-state index contributed by atoms with van der Waals surface area (Å²) in [5.41, 5.74) is 0.991. The van der Waals surface area contributed by atoms with Crippen LogP contribution in [0.15, 0.2) is 24.8 Å². The lowest BCUT2D eigenvalue weighted by Crippen LogP contribution is -2.17. The van der Waals surface area contributed by atoms with Crippen LogP contribution >= 0.6 is 0 Å². The van der Waals surface area contributed by atoms with E-state index in [4.69, 9.17) is 0 Å². The van der Waals surface area contributed by atoms with Gasteiger partial charge in [-0.1, -0.05) is 6.92 Å². The molecule has 8 nitrogen and oxygen atoms in total. The third-order valence-electron chi connectivity index (χ3n) is 5.68. The van der Waals surface area contributed by atoms with Gasteiger partial charge >= 0.3 is 0 Å². The number of hydrogen-bond acceptors (Lipinski definition) is 5. The van der Waals surface area contributed by atoms with Gasteiger partial charge in [-0.15, -0.1) is 0 Å². The summed E-state index contributed by atoms with van der Waals surface area (Å²) in [6.07, 6.45) is 7.35. The molecule has 4 rings (SSSR count). The van der Waals surface area contributed by atoms with Crippen molar-refractivity contribution >= 4 is 22.9 Å². The number of carbonyl (C=O) groups excluding carboxylic acids is 1. The van der Waals surface area contributed by atoms with E-state index in [1.54, 1.807) is 17.1 Å². The van der Waals surface area contributed by atoms with Crippen LogP contribution in [0.4, 0.5) is 20.2 Å². The fourth-order valence-electron chi connectivity index (χ4n) is 3.80. The number of alkyl halides is 2. The van der Waals surface area contributed by atoms with Crippen LogP contribution in [0.3, 0.4) is 0 Å². The molecule has 0 aliphatic heterocycles. The number of nitrogens with zero attached hydrogens (tertiary/aromatic N) is 6. The average Bonchev–Trinajstić information content (AvgIpc) is 3.32. The van der Waals surface area contributed by atoms with Gasteiger partial charge in [-0.05, 0) is 31.6 Å². The number of carbonyl (C=O) groups is 1. The van der Waals surface area contributed by atoms with Crippen molar-refractivity contribution in [2.75, 3.05) is 24.3 Å². The highest BCUT2D eigenvalue weighted by atomic mass is 19.3. The minimum atomic E-state index is -2.78. The van der Waals surface area contributed by atoms with Crippen LogP contribution in [0.25, 0.3) is 5.65 Å². The topological polar surface area (TPSA) is 80.3 Å². The van der Waals surface area contributed by atoms with E-state index in [2.05, 4.69) is 27.4 Å². The van der Waals surface area contributed by atoms with Crippen LogP contribution in [-0.2, 0) is 0 Å². The first kappa shape index (κ1) is 20.2. The third-order valence-corrected chi connectivity index (χ3v) is 5.68. The van der Waals surface area contributed by atoms with Crippen LogP contribution in [0, 0.1) is 5.92 Å². The lowest BCUT2D eigenvalue weighted by Gasteiger charge is -2.26. The molecule has 0 saturated heterocycles. The van der Waals surface area contributed by atoms with Gasteiger partial charge in [-0.3, -0.25) is 9.48 Å². The van der Waals surface area contributed by atoms with Crippen molar-refractivity contribution in [1.29, 1.82) is 0 Å². The summed E-state index contributed by atoms with van der Waals surface area (Å²) in [7, 11) is 3.74. The molecule has 0 unspecified atom stereocenters. The first-order valence-corrected chi connectivity index (χ1v) is 10.0. The molecular weight excluding hydrogens is 392 g/mol. The molecule has 1 saturated carbocycles. The summed E-state index contributed by atoms with van der Waals surface area (Å²) in [5.74, 6) is 0.0931. The second-order valence-electron chi connectivity index (χ2n) is 8.11. The monoisotopic (exact) mass is 417 g/mol. The number of nitrogens with one attached hydrogen (secondary N) is 1. The van der Waals surface area contributed by atoms with Crippen LogP contribution in [-0.4, -0.2) is 44.4 Å². The van der Waals surface area contributed by atoms with E-state index in [1.807, 2.05) is 19.0 Å². The Morgan fingerprint density at radius 1 is 1.20 bits per heavy atom. The van der Waals surface area contributed by atoms with Gasteiger partial charge in [0.2, 0.25) is 0 Å². The highest BCUT2D eigenvalue weighted by Crippen LogP contribution is 2.34. The maximum absolute atomic E-state index is 13.6. The Bertz CT molecular complexity index is 1050. The van der Waals surface area contributed by atoms with E-state index >= 15 is 0 Å². The Kier molecular flexibility index (Phi) is 5.40. The minimum Gasteiger partial charge on any atom is -0.375 e. The highest BCUT2D eigenvalue weighted by Gasteiger charge is 2.26. The molecule has 30 heavy (non-hydrogen) atoms. The van der Waals surface area contributed by atoms with Crippen molar-refractivity contribution in [3.63, 3.8) is 0 Å². The molecule has 0 radical (unpaired) electrons. The SMILES string of the molecule is CN(C)c1cnc2c(C(=O)Nc3cn([C@H]4CC[C@H](C)CC4)nc3C(F)F)cnn2c1. The lowest BCUT2D eigenvalue weighted by atomic mass is 9.87. The Hall–Kier alpha value is -3.04. The van der Waals surface area contributed by atoms with Crippen molar-refractivity contribution in [2.24, 2.45) is 5.92 Å². The Labute approximate surface area is 172 Å². The standard InChI is InChI=1S/C20H25F2N7O/c1-12-4-6-13(7-5-12)28-11-16(17(26-28)18(21)22)25-20(30)15-9-24-29-10-14(27(2)3)8-23-19(15)29/h8-13,18H,4-7H2,1-3H3,(H,25,30)/t12-,13-. The highest BCUT2D eigenvalue weighted by molar-refractivity contribution is 6.08. The minimum absolute atomic E-state index is 0.0258. The van der Waals surface area contributed by atoms with Crippen molar-refractivity contribution in [2.45, 2.75) is 45.1 Å². The van der Waals surface area contributed by atoms with E-state index < -0.39 is 18.0 Å². The normalized spacial score (nSPS) is 19.4. The molecule has 1 fully saturated rings. The van der Waals surface area contributed by atoms with E-state index in [0.717, 1.165) is 31.4 Å². The van der Waals surface area contributed by atoms with Crippen LogP contribution < -0.4 is 10.2 Å². The molecule has 0 bridgehead atoms. The molecule has 1 aliphatic carbocycles. The number of fused-ring (bicyclic) bond motifs is 1. The molecule has 0 aromatic carbocycles. The van der Waals surface area contributed by atoms with Gasteiger partial charge < -0.3 is 10.2 Å². The number of anilines is 2. The Morgan fingerprint density at radius 2 is 1.93 bits per heavy atom. The molecule has 0 spiro atoms. The zero-order valence-corrected chi connectivity index (χ0v) is 17.2. The molecule has 0 atom stereocenters. The molecule has 3 heterocycles. The first-order chi connectivity index (χ1) is 14.3. The van der Waals surface area contributed by atoms with Crippen molar-refractivity contribution < 1.29 is 13.6 Å². The van der Waals surface area contributed by atoms with E-state index in [0.29, 0.717) is 11.6 Å². The largest absolute Gasteiger partial charge is 0.375 e. The zero-order chi connectivity index (χ0) is 21.4. The van der Waals surface area contributed by atoms with Crippen LogP contribution in [0.2, 0.25) is 0 Å². The first-order valence-electron chi connectivity index (χ1n) is 10.0. The number of aromatic nitrogens is 5. The van der Waals surface area contributed by atoms with E-state index in [9.17, 15) is 13.6 Å². The van der Waals surface area contributed by atoms with Gasteiger partial charge in [0.15, 0.2) is 11.3 Å². The molecule has 3 aromatic rings. The zero-order valence-electron chi connectivity index (χ0n) is 17.2. The summed E-state index contributed by atoms with van der Waals surface area (Å²) in [5, 5.41) is 10.8. The molecule has 1 N–H and O–H groups in total. The maximum Gasteiger partial charge on any atom is 0.284 e. The molecule has 10 heteroatoms. The van der Waals surface area contributed by atoms with Gasteiger partial charge in [0.25, 0.3) is 12.3 Å². The number of amides is 1. The van der Waals surface area contributed by atoms with Crippen LogP contribution in [0.1, 0.15) is 61.1 Å². The van der Waals surface area contributed by atoms with Crippen LogP contribution in [0.5, 0.6) is 0 Å². The van der Waals surface area contributed by atoms with Gasteiger partial charge in [0.05, 0.1) is 36.0 Å². The molecule has 1 amide bonds. The van der Waals surface area contributed by atoms with Crippen molar-refractivity contribution in [3.05, 3.63) is 36.0 Å². The van der Waals surface area contributed by atoms with Crippen molar-refractivity contribution in [1.82, 2.24) is 24.4 Å². The molecule has 1 aliphatic rings. The molecule has 3 aromatic heterocycles. The fourth-order valence-corrected chi connectivity index (χ4v) is 3.80. The fraction of sp³-hybridized carbons (Fsp3) is 0.500. The number of rotatable bonds is 5. The lowest BCUT2D eigenvalue weighted by molar-refractivity contribution is 0.102. The molecule has 160 valence electrons. The van der Waals surface area contributed by atoms with E-state index in [-0.39, 0.29) is 17.3 Å². The number of halogens is 2. The van der Waals surface area contributed by atoms with Gasteiger partial charge in [-0.2, -0.15) is 10.2 Å².